The first-order valence-corrected chi connectivity index (χ1v) is 22.2. The molecular weight excluding hydrogens is 757 g/mol. The zero-order valence-corrected chi connectivity index (χ0v) is 34.9. The first-order chi connectivity index (χ1) is 29.1. The van der Waals surface area contributed by atoms with Crippen molar-refractivity contribution in [3.8, 4) is 41.1 Å². The zero-order valence-electron chi connectivity index (χ0n) is 34.9. The number of aromatic nitrogens is 2. The van der Waals surface area contributed by atoms with E-state index >= 15 is 0 Å². The van der Waals surface area contributed by atoms with Crippen LogP contribution in [-0.4, -0.2) is 54.5 Å². The number of rotatable bonds is 13. The van der Waals surface area contributed by atoms with Crippen LogP contribution in [0.1, 0.15) is 143 Å². The number of ether oxygens (including phenoxy) is 2. The van der Waals surface area contributed by atoms with Gasteiger partial charge in [0.1, 0.15) is 23.7 Å². The number of hydrogen-bond acceptors (Lipinski definition) is 9. The monoisotopic (exact) mass is 816 g/mol. The number of aromatic amines is 1. The van der Waals surface area contributed by atoms with Crippen LogP contribution in [-0.2, 0) is 24.1 Å². The van der Waals surface area contributed by atoms with Crippen LogP contribution in [0.3, 0.4) is 0 Å². The number of fused-ring (bicyclic) bond motifs is 8. The van der Waals surface area contributed by atoms with Crippen LogP contribution in [0.5, 0.6) is 17.2 Å². The number of nitrogens with two attached hydrogens (primary N) is 1. The van der Waals surface area contributed by atoms with Crippen molar-refractivity contribution in [3.05, 3.63) is 76.2 Å². The number of nitrogens with zero attached hydrogens (tertiary/aromatic N) is 1. The lowest BCUT2D eigenvalue weighted by Gasteiger charge is -2.35. The lowest BCUT2D eigenvalue weighted by Crippen LogP contribution is -2.36. The minimum Gasteiger partial charge on any atom is -0.508 e. The van der Waals surface area contributed by atoms with E-state index in [2.05, 4.69) is 51.9 Å². The van der Waals surface area contributed by atoms with Crippen molar-refractivity contribution in [2.75, 3.05) is 6.54 Å². The third kappa shape index (κ3) is 8.44. The summed E-state index contributed by atoms with van der Waals surface area (Å²) in [5.41, 5.74) is 12.5. The third-order valence-corrected chi connectivity index (χ3v) is 13.5. The zero-order chi connectivity index (χ0) is 42.0. The molecule has 1 fully saturated rings. The maximum absolute atomic E-state index is 13.8. The average molecular weight is 817 g/mol. The number of carbonyl (C=O) groups is 1. The molecular formula is C49H60N4O7. The molecule has 318 valence electrons. The molecule has 1 aliphatic carbocycles. The third-order valence-electron chi connectivity index (χ3n) is 13.5. The second-order valence-electron chi connectivity index (χ2n) is 17.5. The Balaban J connectivity index is 1.16. The molecule has 7 unspecified atom stereocenters. The Bertz CT molecular complexity index is 2320. The van der Waals surface area contributed by atoms with Crippen LogP contribution in [0, 0.1) is 41.1 Å². The SMILES string of the molecule is CCCCCC(C(=O)CCc1cc2c(cc1O)OC#CC1(CCCC1)C1C#CC(O)c3ccc4c(c3Cc3c[nH]c5cn(cc35)C1O2)CCNC4N)C(O)CC(O)CCC. The highest BCUT2D eigenvalue weighted by molar-refractivity contribution is 5.84. The number of Topliss-reactive ketones (excluding diaryl/α,β-unsaturated/α-hetero) is 1. The number of aliphatic hydroxyl groups excluding tert-OH is 3. The van der Waals surface area contributed by atoms with E-state index in [9.17, 15) is 25.2 Å². The van der Waals surface area contributed by atoms with Gasteiger partial charge in [0, 0.05) is 55.3 Å². The molecule has 2 aromatic heterocycles. The molecule has 8 N–H and O–H groups in total. The number of unbranched alkanes of at least 4 members (excludes halogenated alkanes) is 2. The number of phenolic OH excluding ortho intramolecular Hbond substituents is 1. The van der Waals surface area contributed by atoms with E-state index in [0.29, 0.717) is 30.6 Å². The minimum atomic E-state index is -1.07. The molecule has 8 rings (SSSR count). The molecule has 3 aliphatic heterocycles. The second kappa shape index (κ2) is 18.1. The van der Waals surface area contributed by atoms with Crippen molar-refractivity contribution < 1.29 is 34.7 Å². The predicted octanol–water partition coefficient (Wildman–Crippen LogP) is 7.14. The van der Waals surface area contributed by atoms with E-state index in [1.807, 2.05) is 31.5 Å². The molecule has 2 aromatic carbocycles. The maximum Gasteiger partial charge on any atom is 0.191 e. The second-order valence-corrected chi connectivity index (χ2v) is 17.5. The Morgan fingerprint density at radius 3 is 2.65 bits per heavy atom. The number of nitrogens with one attached hydrogen (secondary N) is 2. The number of hydrogen-bond donors (Lipinski definition) is 7. The van der Waals surface area contributed by atoms with Crippen LogP contribution in [0.25, 0.3) is 10.9 Å². The van der Waals surface area contributed by atoms with Gasteiger partial charge >= 0.3 is 0 Å². The smallest absolute Gasteiger partial charge is 0.191 e. The highest BCUT2D eigenvalue weighted by Crippen LogP contribution is 2.51. The van der Waals surface area contributed by atoms with E-state index in [1.54, 1.807) is 6.07 Å². The van der Waals surface area contributed by atoms with Crippen molar-refractivity contribution >= 4 is 16.7 Å². The van der Waals surface area contributed by atoms with Crippen LogP contribution in [0.2, 0.25) is 0 Å². The van der Waals surface area contributed by atoms with Gasteiger partial charge in [-0.15, -0.1) is 0 Å². The summed E-state index contributed by atoms with van der Waals surface area (Å²) in [4.78, 5) is 17.3. The largest absolute Gasteiger partial charge is 0.508 e. The topological polar surface area (TPSA) is 175 Å². The van der Waals surface area contributed by atoms with Crippen molar-refractivity contribution in [1.82, 2.24) is 14.9 Å². The number of carbonyl (C=O) groups excluding carboxylic acids is 1. The molecule has 7 atom stereocenters. The van der Waals surface area contributed by atoms with Crippen molar-refractivity contribution in [2.45, 2.75) is 141 Å². The molecule has 0 radical (unpaired) electrons. The van der Waals surface area contributed by atoms with E-state index in [1.165, 1.54) is 6.07 Å². The standard InChI is InChI=1S/C49H60N4O7/c1-3-5-6-10-36(44(58)25-32(54)9-4-2)42(56)15-11-30-24-46-45(26-43(30)57)59-22-20-49(18-7-8-19-49)39-14-16-41(55)34-12-13-35-33(17-21-51-47(35)50)37(34)23-31-27-52-40-29-53(28-38(31)40)48(39)60-46/h12-13,24,26-29,32,36,39,41,44,47-48,51-52,54-55,57-58H,3-11,15,17-19,21,23,25,50H2,1-2H3. The van der Waals surface area contributed by atoms with E-state index in [-0.39, 0.29) is 42.7 Å². The van der Waals surface area contributed by atoms with E-state index in [4.69, 9.17) is 15.2 Å². The number of phenols is 1. The molecule has 0 saturated heterocycles. The Hall–Kier alpha value is -4.75. The van der Waals surface area contributed by atoms with Gasteiger partial charge in [-0.1, -0.05) is 82.3 Å². The summed E-state index contributed by atoms with van der Waals surface area (Å²) in [5.74, 6) is 9.68. The van der Waals surface area contributed by atoms with Gasteiger partial charge in [0.2, 0.25) is 0 Å². The van der Waals surface area contributed by atoms with Gasteiger partial charge in [-0.3, -0.25) is 10.1 Å². The summed E-state index contributed by atoms with van der Waals surface area (Å²) in [5, 5.41) is 49.4. The van der Waals surface area contributed by atoms with Gasteiger partial charge in [0.05, 0.1) is 35.2 Å². The van der Waals surface area contributed by atoms with Gasteiger partial charge in [-0.2, -0.15) is 0 Å². The van der Waals surface area contributed by atoms with E-state index < -0.39 is 41.8 Å². The summed E-state index contributed by atoms with van der Waals surface area (Å²) in [6.07, 6.45) is 15.5. The van der Waals surface area contributed by atoms with Crippen LogP contribution < -0.4 is 20.5 Å². The highest BCUT2D eigenvalue weighted by atomic mass is 16.5. The fourth-order valence-electron chi connectivity index (χ4n) is 10.2. The number of aromatic hydroxyl groups is 1. The van der Waals surface area contributed by atoms with E-state index in [0.717, 1.165) is 103 Å². The van der Waals surface area contributed by atoms with Gasteiger partial charge in [-0.05, 0) is 84.4 Å². The lowest BCUT2D eigenvalue weighted by molar-refractivity contribution is -0.127. The normalized spacial score (nSPS) is 22.9. The number of aryl methyl sites for hydroxylation is 1. The fraction of sp³-hybridized carbons (Fsp3) is 0.531. The molecule has 5 heterocycles. The number of H-pyrrole nitrogens is 1. The van der Waals surface area contributed by atoms with Crippen molar-refractivity contribution in [1.29, 1.82) is 0 Å². The summed E-state index contributed by atoms with van der Waals surface area (Å²) in [6.45, 7) is 4.83. The fourth-order valence-corrected chi connectivity index (χ4v) is 10.2. The molecule has 60 heavy (non-hydrogen) atoms. The number of ketones is 1. The Morgan fingerprint density at radius 2 is 1.85 bits per heavy atom. The highest BCUT2D eigenvalue weighted by Gasteiger charge is 2.46. The molecule has 11 nitrogen and oxygen atoms in total. The quantitative estimate of drug-likeness (QED) is 0.0547. The molecule has 2 bridgehead atoms. The van der Waals surface area contributed by atoms with Crippen LogP contribution >= 0.6 is 0 Å². The summed E-state index contributed by atoms with van der Waals surface area (Å²) in [6, 6.07) is 7.22. The summed E-state index contributed by atoms with van der Waals surface area (Å²) >= 11 is 0. The molecule has 4 aliphatic rings. The lowest BCUT2D eigenvalue weighted by atomic mass is 9.73. The Morgan fingerprint density at radius 1 is 1.03 bits per heavy atom. The van der Waals surface area contributed by atoms with Crippen molar-refractivity contribution in [2.24, 2.45) is 23.0 Å². The first kappa shape index (κ1) is 42.0. The molecule has 0 amide bonds. The molecule has 1 saturated carbocycles. The van der Waals surface area contributed by atoms with Crippen LogP contribution in [0.4, 0.5) is 0 Å². The van der Waals surface area contributed by atoms with Crippen molar-refractivity contribution in [3.63, 3.8) is 0 Å². The number of aliphatic hydroxyl groups is 3. The first-order valence-electron chi connectivity index (χ1n) is 22.2. The van der Waals surface area contributed by atoms with Gasteiger partial charge in [-0.25, -0.2) is 0 Å². The maximum atomic E-state index is 13.8. The molecule has 1 spiro atoms. The predicted molar refractivity (Wildman–Crippen MR) is 230 cm³/mol. The summed E-state index contributed by atoms with van der Waals surface area (Å²) < 4.78 is 15.2. The van der Waals surface area contributed by atoms with Gasteiger partial charge in [0.25, 0.3) is 0 Å². The minimum absolute atomic E-state index is 0.0436. The Kier molecular flexibility index (Phi) is 12.6. The Labute approximate surface area is 353 Å². The molecule has 4 aromatic rings. The number of benzene rings is 2. The van der Waals surface area contributed by atoms with Gasteiger partial charge < -0.3 is 45.2 Å². The molecule has 11 heteroatoms. The average Bonchev–Trinajstić information content (AvgIpc) is 3.97. The summed E-state index contributed by atoms with van der Waals surface area (Å²) in [7, 11) is 0. The van der Waals surface area contributed by atoms with Gasteiger partial charge in [0.15, 0.2) is 17.7 Å². The van der Waals surface area contributed by atoms with Crippen LogP contribution in [0.15, 0.2) is 42.9 Å².